The SMILES string of the molecule is CCCNC(C)c1cc(F)ccc1N1CCC(C)C1CO. The molecule has 0 saturated carbocycles. The van der Waals surface area contributed by atoms with Gasteiger partial charge in [0.1, 0.15) is 5.82 Å². The first-order valence-corrected chi connectivity index (χ1v) is 7.98. The average Bonchev–Trinajstić information content (AvgIpc) is 2.85. The smallest absolute Gasteiger partial charge is 0.123 e. The summed E-state index contributed by atoms with van der Waals surface area (Å²) in [6, 6.07) is 5.23. The molecule has 1 heterocycles. The van der Waals surface area contributed by atoms with Crippen molar-refractivity contribution in [2.75, 3.05) is 24.6 Å². The number of benzene rings is 1. The first-order valence-electron chi connectivity index (χ1n) is 7.98. The zero-order chi connectivity index (χ0) is 15.4. The van der Waals surface area contributed by atoms with Crippen molar-refractivity contribution in [2.24, 2.45) is 5.92 Å². The molecule has 0 bridgehead atoms. The van der Waals surface area contributed by atoms with Crippen molar-refractivity contribution >= 4 is 5.69 Å². The molecular formula is C17H27FN2O. The molecule has 2 rings (SSSR count). The zero-order valence-corrected chi connectivity index (χ0v) is 13.3. The predicted octanol–water partition coefficient (Wildman–Crippen LogP) is 3.09. The largest absolute Gasteiger partial charge is 0.394 e. The van der Waals surface area contributed by atoms with Crippen LogP contribution in [-0.2, 0) is 0 Å². The number of anilines is 1. The lowest BCUT2D eigenvalue weighted by Gasteiger charge is -2.31. The second-order valence-corrected chi connectivity index (χ2v) is 6.09. The highest BCUT2D eigenvalue weighted by Crippen LogP contribution is 2.34. The minimum absolute atomic E-state index is 0.103. The normalized spacial score (nSPS) is 23.6. The van der Waals surface area contributed by atoms with E-state index in [0.29, 0.717) is 5.92 Å². The molecule has 0 aliphatic carbocycles. The van der Waals surface area contributed by atoms with Crippen molar-refractivity contribution in [3.05, 3.63) is 29.6 Å². The fourth-order valence-electron chi connectivity index (χ4n) is 3.19. The monoisotopic (exact) mass is 294 g/mol. The fourth-order valence-corrected chi connectivity index (χ4v) is 3.19. The number of hydrogen-bond donors (Lipinski definition) is 2. The fraction of sp³-hybridized carbons (Fsp3) is 0.647. The van der Waals surface area contributed by atoms with Crippen LogP contribution in [0.4, 0.5) is 10.1 Å². The van der Waals surface area contributed by atoms with Gasteiger partial charge in [-0.05, 0) is 56.0 Å². The third kappa shape index (κ3) is 3.55. The van der Waals surface area contributed by atoms with E-state index in [2.05, 4.69) is 31.0 Å². The van der Waals surface area contributed by atoms with E-state index in [9.17, 15) is 9.50 Å². The molecule has 1 fully saturated rings. The van der Waals surface area contributed by atoms with E-state index in [1.807, 2.05) is 6.07 Å². The van der Waals surface area contributed by atoms with E-state index in [4.69, 9.17) is 0 Å². The summed E-state index contributed by atoms with van der Waals surface area (Å²) in [5.41, 5.74) is 2.03. The molecule has 3 unspecified atom stereocenters. The van der Waals surface area contributed by atoms with Crippen molar-refractivity contribution in [2.45, 2.75) is 45.7 Å². The van der Waals surface area contributed by atoms with E-state index in [0.717, 1.165) is 37.2 Å². The maximum Gasteiger partial charge on any atom is 0.123 e. The number of aliphatic hydroxyl groups excluding tert-OH is 1. The lowest BCUT2D eigenvalue weighted by molar-refractivity contribution is 0.244. The lowest BCUT2D eigenvalue weighted by atomic mass is 10.0. The molecule has 21 heavy (non-hydrogen) atoms. The summed E-state index contributed by atoms with van der Waals surface area (Å²) in [5.74, 6) is 0.263. The molecule has 118 valence electrons. The summed E-state index contributed by atoms with van der Waals surface area (Å²) in [5, 5.41) is 13.1. The van der Waals surface area contributed by atoms with Crippen LogP contribution in [0.25, 0.3) is 0 Å². The summed E-state index contributed by atoms with van der Waals surface area (Å²) >= 11 is 0. The predicted molar refractivity (Wildman–Crippen MR) is 85.1 cm³/mol. The van der Waals surface area contributed by atoms with Crippen molar-refractivity contribution in [1.82, 2.24) is 5.32 Å². The maximum atomic E-state index is 13.7. The molecule has 3 nitrogen and oxygen atoms in total. The van der Waals surface area contributed by atoms with Gasteiger partial charge in [0.15, 0.2) is 0 Å². The van der Waals surface area contributed by atoms with Gasteiger partial charge in [-0.15, -0.1) is 0 Å². The Balaban J connectivity index is 2.30. The highest BCUT2D eigenvalue weighted by Gasteiger charge is 2.32. The van der Waals surface area contributed by atoms with E-state index in [1.165, 1.54) is 6.07 Å². The molecule has 0 spiro atoms. The number of hydrogen-bond acceptors (Lipinski definition) is 3. The van der Waals surface area contributed by atoms with Crippen molar-refractivity contribution in [1.29, 1.82) is 0 Å². The Labute approximate surface area is 127 Å². The quantitative estimate of drug-likeness (QED) is 0.846. The molecule has 1 aromatic rings. The van der Waals surface area contributed by atoms with Crippen LogP contribution in [0, 0.1) is 11.7 Å². The first kappa shape index (κ1) is 16.2. The summed E-state index contributed by atoms with van der Waals surface area (Å²) in [6.07, 6.45) is 2.12. The van der Waals surface area contributed by atoms with Crippen molar-refractivity contribution in [3.63, 3.8) is 0 Å². The second-order valence-electron chi connectivity index (χ2n) is 6.09. The standard InChI is InChI=1S/C17H27FN2O/c1-4-8-19-13(3)15-10-14(18)5-6-16(15)20-9-7-12(2)17(20)11-21/h5-6,10,12-13,17,19,21H,4,7-9,11H2,1-3H3. The summed E-state index contributed by atoms with van der Waals surface area (Å²) < 4.78 is 13.7. The summed E-state index contributed by atoms with van der Waals surface area (Å²) in [4.78, 5) is 2.24. The van der Waals surface area contributed by atoms with Crippen LogP contribution in [0.2, 0.25) is 0 Å². The molecule has 1 aromatic carbocycles. The van der Waals surface area contributed by atoms with E-state index < -0.39 is 0 Å². The molecule has 2 N–H and O–H groups in total. The van der Waals surface area contributed by atoms with Gasteiger partial charge in [0.2, 0.25) is 0 Å². The molecule has 0 aromatic heterocycles. The highest BCUT2D eigenvalue weighted by molar-refractivity contribution is 5.57. The lowest BCUT2D eigenvalue weighted by Crippen LogP contribution is -2.36. The molecule has 1 saturated heterocycles. The summed E-state index contributed by atoms with van der Waals surface area (Å²) in [6.45, 7) is 8.34. The third-order valence-electron chi connectivity index (χ3n) is 4.54. The average molecular weight is 294 g/mol. The number of rotatable bonds is 6. The van der Waals surface area contributed by atoms with E-state index in [-0.39, 0.29) is 24.5 Å². The van der Waals surface area contributed by atoms with Crippen LogP contribution in [0.1, 0.15) is 45.2 Å². The van der Waals surface area contributed by atoms with Gasteiger partial charge in [-0.2, -0.15) is 0 Å². The molecule has 0 amide bonds. The molecule has 1 aliphatic heterocycles. The van der Waals surface area contributed by atoms with Crippen molar-refractivity contribution in [3.8, 4) is 0 Å². The number of halogens is 1. The van der Waals surface area contributed by atoms with Crippen LogP contribution >= 0.6 is 0 Å². The van der Waals surface area contributed by atoms with E-state index >= 15 is 0 Å². The van der Waals surface area contributed by atoms with Gasteiger partial charge in [-0.3, -0.25) is 0 Å². The van der Waals surface area contributed by atoms with Crippen molar-refractivity contribution < 1.29 is 9.50 Å². The van der Waals surface area contributed by atoms with Crippen LogP contribution in [0.3, 0.4) is 0 Å². The van der Waals surface area contributed by atoms with Gasteiger partial charge in [-0.25, -0.2) is 4.39 Å². The van der Waals surface area contributed by atoms with Gasteiger partial charge in [0.25, 0.3) is 0 Å². The Morgan fingerprint density at radius 2 is 2.24 bits per heavy atom. The maximum absolute atomic E-state index is 13.7. The molecule has 4 heteroatoms. The summed E-state index contributed by atoms with van der Waals surface area (Å²) in [7, 11) is 0. The molecular weight excluding hydrogens is 267 g/mol. The van der Waals surface area contributed by atoms with Gasteiger partial charge in [-0.1, -0.05) is 13.8 Å². The van der Waals surface area contributed by atoms with Gasteiger partial charge in [0.05, 0.1) is 12.6 Å². The number of nitrogens with one attached hydrogen (secondary N) is 1. The molecule has 0 radical (unpaired) electrons. The third-order valence-corrected chi connectivity index (χ3v) is 4.54. The highest BCUT2D eigenvalue weighted by atomic mass is 19.1. The topological polar surface area (TPSA) is 35.5 Å². The Morgan fingerprint density at radius 3 is 2.90 bits per heavy atom. The Hall–Kier alpha value is -1.13. The van der Waals surface area contributed by atoms with Crippen LogP contribution in [0.5, 0.6) is 0 Å². The molecule has 1 aliphatic rings. The second kappa shape index (κ2) is 7.23. The Morgan fingerprint density at radius 1 is 1.48 bits per heavy atom. The number of nitrogens with zero attached hydrogens (tertiary/aromatic N) is 1. The van der Waals surface area contributed by atoms with Crippen LogP contribution in [-0.4, -0.2) is 30.8 Å². The Kier molecular flexibility index (Phi) is 5.59. The molecule has 3 atom stereocenters. The van der Waals surface area contributed by atoms with Crippen LogP contribution in [0.15, 0.2) is 18.2 Å². The van der Waals surface area contributed by atoms with Gasteiger partial charge in [0, 0.05) is 18.3 Å². The Bertz CT molecular complexity index is 466. The first-order chi connectivity index (χ1) is 10.1. The van der Waals surface area contributed by atoms with Crippen LogP contribution < -0.4 is 10.2 Å². The van der Waals surface area contributed by atoms with Gasteiger partial charge >= 0.3 is 0 Å². The minimum Gasteiger partial charge on any atom is -0.394 e. The van der Waals surface area contributed by atoms with E-state index in [1.54, 1.807) is 6.07 Å². The van der Waals surface area contributed by atoms with Gasteiger partial charge < -0.3 is 15.3 Å². The zero-order valence-electron chi connectivity index (χ0n) is 13.3. The number of aliphatic hydroxyl groups is 1. The minimum atomic E-state index is -0.202.